The Morgan fingerprint density at radius 3 is 2.38 bits per heavy atom. The molecule has 1 aliphatic heterocycles. The van der Waals surface area contributed by atoms with E-state index in [2.05, 4.69) is 48.7 Å². The molecule has 0 saturated carbocycles. The Labute approximate surface area is 145 Å². The zero-order valence-electron chi connectivity index (χ0n) is 15.1. The smallest absolute Gasteiger partial charge is 0.228 e. The molecule has 24 heavy (non-hydrogen) atoms. The van der Waals surface area contributed by atoms with Gasteiger partial charge in [-0.1, -0.05) is 38.1 Å². The third-order valence-corrected chi connectivity index (χ3v) is 4.98. The molecule has 1 aliphatic rings. The van der Waals surface area contributed by atoms with E-state index in [1.54, 1.807) is 7.11 Å². The highest BCUT2D eigenvalue weighted by molar-refractivity contribution is 5.83. The number of piperidine rings is 1. The van der Waals surface area contributed by atoms with E-state index >= 15 is 0 Å². The van der Waals surface area contributed by atoms with Crippen molar-refractivity contribution in [2.75, 3.05) is 33.4 Å². The van der Waals surface area contributed by atoms with E-state index in [1.165, 1.54) is 5.56 Å². The third-order valence-electron chi connectivity index (χ3n) is 4.98. The molecule has 1 heterocycles. The van der Waals surface area contributed by atoms with Gasteiger partial charge in [-0.05, 0) is 43.0 Å². The summed E-state index contributed by atoms with van der Waals surface area (Å²) in [5.41, 5.74) is 8.17. The first-order chi connectivity index (χ1) is 11.5. The molecule has 0 bridgehead atoms. The number of ether oxygens (including phenoxy) is 1. The third kappa shape index (κ3) is 4.56. The number of nitrogens with two attached hydrogens (primary N) is 1. The van der Waals surface area contributed by atoms with Gasteiger partial charge in [0.15, 0.2) is 0 Å². The SMILES string of the molecule is COCC1(C(=O)NCC(N)c2ccc(C(C)C)cc2)CCNCC1. The van der Waals surface area contributed by atoms with Crippen molar-refractivity contribution in [3.8, 4) is 0 Å². The van der Waals surface area contributed by atoms with Crippen molar-refractivity contribution in [2.45, 2.75) is 38.6 Å². The molecule has 0 aromatic heterocycles. The van der Waals surface area contributed by atoms with Crippen LogP contribution in [0.25, 0.3) is 0 Å². The van der Waals surface area contributed by atoms with Gasteiger partial charge in [-0.25, -0.2) is 0 Å². The Morgan fingerprint density at radius 2 is 1.83 bits per heavy atom. The first kappa shape index (κ1) is 18.9. The number of nitrogens with one attached hydrogen (secondary N) is 2. The molecule has 1 aromatic rings. The molecule has 4 N–H and O–H groups in total. The average Bonchev–Trinajstić information content (AvgIpc) is 2.60. The Bertz CT molecular complexity index is 516. The zero-order valence-corrected chi connectivity index (χ0v) is 15.1. The van der Waals surface area contributed by atoms with Crippen molar-refractivity contribution >= 4 is 5.91 Å². The summed E-state index contributed by atoms with van der Waals surface area (Å²) in [7, 11) is 1.65. The van der Waals surface area contributed by atoms with Crippen LogP contribution in [0.4, 0.5) is 0 Å². The monoisotopic (exact) mass is 333 g/mol. The Hall–Kier alpha value is -1.43. The van der Waals surface area contributed by atoms with E-state index in [0.717, 1.165) is 31.5 Å². The first-order valence-electron chi connectivity index (χ1n) is 8.82. The van der Waals surface area contributed by atoms with E-state index in [9.17, 15) is 4.79 Å². The average molecular weight is 333 g/mol. The topological polar surface area (TPSA) is 76.4 Å². The van der Waals surface area contributed by atoms with E-state index in [1.807, 2.05) is 0 Å². The van der Waals surface area contributed by atoms with Gasteiger partial charge in [-0.15, -0.1) is 0 Å². The maximum Gasteiger partial charge on any atom is 0.228 e. The fourth-order valence-corrected chi connectivity index (χ4v) is 3.25. The Balaban J connectivity index is 1.94. The Morgan fingerprint density at radius 1 is 1.25 bits per heavy atom. The fourth-order valence-electron chi connectivity index (χ4n) is 3.25. The maximum absolute atomic E-state index is 12.7. The lowest BCUT2D eigenvalue weighted by atomic mass is 9.78. The summed E-state index contributed by atoms with van der Waals surface area (Å²) < 4.78 is 5.31. The van der Waals surface area contributed by atoms with Crippen molar-refractivity contribution in [1.82, 2.24) is 10.6 Å². The van der Waals surface area contributed by atoms with Crippen LogP contribution in [0.1, 0.15) is 49.8 Å². The van der Waals surface area contributed by atoms with Crippen LogP contribution >= 0.6 is 0 Å². The highest BCUT2D eigenvalue weighted by Crippen LogP contribution is 2.29. The summed E-state index contributed by atoms with van der Waals surface area (Å²) in [5.74, 6) is 0.559. The van der Waals surface area contributed by atoms with Gasteiger partial charge in [0.1, 0.15) is 0 Å². The minimum absolute atomic E-state index is 0.0556. The van der Waals surface area contributed by atoms with Gasteiger partial charge in [0.25, 0.3) is 0 Å². The number of methoxy groups -OCH3 is 1. The minimum Gasteiger partial charge on any atom is -0.384 e. The quantitative estimate of drug-likeness (QED) is 0.713. The number of rotatable bonds is 7. The number of amides is 1. The number of hydrogen-bond donors (Lipinski definition) is 3. The fraction of sp³-hybridized carbons (Fsp3) is 0.632. The van der Waals surface area contributed by atoms with Crippen molar-refractivity contribution in [3.63, 3.8) is 0 Å². The normalized spacial score (nSPS) is 18.4. The Kier molecular flexibility index (Phi) is 6.78. The molecule has 0 spiro atoms. The van der Waals surface area contributed by atoms with Crippen molar-refractivity contribution in [2.24, 2.45) is 11.1 Å². The molecular weight excluding hydrogens is 302 g/mol. The molecule has 2 rings (SSSR count). The van der Waals surface area contributed by atoms with Gasteiger partial charge in [-0.2, -0.15) is 0 Å². The molecule has 5 heteroatoms. The van der Waals surface area contributed by atoms with Gasteiger partial charge < -0.3 is 21.1 Å². The van der Waals surface area contributed by atoms with Gasteiger partial charge in [-0.3, -0.25) is 4.79 Å². The lowest BCUT2D eigenvalue weighted by molar-refractivity contribution is -0.136. The van der Waals surface area contributed by atoms with E-state index < -0.39 is 5.41 Å². The van der Waals surface area contributed by atoms with Crippen LogP contribution in [-0.4, -0.2) is 39.3 Å². The van der Waals surface area contributed by atoms with Crippen LogP contribution in [0.3, 0.4) is 0 Å². The molecule has 1 saturated heterocycles. The van der Waals surface area contributed by atoms with Crippen molar-refractivity contribution in [3.05, 3.63) is 35.4 Å². The van der Waals surface area contributed by atoms with Crippen molar-refractivity contribution in [1.29, 1.82) is 0 Å². The summed E-state index contributed by atoms with van der Waals surface area (Å²) >= 11 is 0. The summed E-state index contributed by atoms with van der Waals surface area (Å²) in [6.45, 7) is 6.93. The molecule has 134 valence electrons. The molecule has 1 amide bonds. The van der Waals surface area contributed by atoms with E-state index in [4.69, 9.17) is 10.5 Å². The predicted molar refractivity (Wildman–Crippen MR) is 96.9 cm³/mol. The highest BCUT2D eigenvalue weighted by Gasteiger charge is 2.39. The predicted octanol–water partition coefficient (Wildman–Crippen LogP) is 1.94. The second-order valence-corrected chi connectivity index (χ2v) is 7.10. The second kappa shape index (κ2) is 8.60. The summed E-state index contributed by atoms with van der Waals surface area (Å²) in [6.07, 6.45) is 1.59. The van der Waals surface area contributed by atoms with Gasteiger partial charge in [0, 0.05) is 19.7 Å². The number of benzene rings is 1. The maximum atomic E-state index is 12.7. The minimum atomic E-state index is -0.429. The van der Waals surface area contributed by atoms with Crippen LogP contribution in [0.5, 0.6) is 0 Å². The summed E-state index contributed by atoms with van der Waals surface area (Å²) in [4.78, 5) is 12.7. The van der Waals surface area contributed by atoms with Crippen LogP contribution in [0, 0.1) is 5.41 Å². The first-order valence-corrected chi connectivity index (χ1v) is 8.82. The van der Waals surface area contributed by atoms with Crippen LogP contribution in [-0.2, 0) is 9.53 Å². The summed E-state index contributed by atoms with van der Waals surface area (Å²) in [5, 5.41) is 6.34. The molecule has 1 unspecified atom stereocenters. The molecule has 1 aromatic carbocycles. The van der Waals surface area contributed by atoms with Crippen LogP contribution in [0.15, 0.2) is 24.3 Å². The van der Waals surface area contributed by atoms with Gasteiger partial charge in [0.05, 0.1) is 12.0 Å². The molecular formula is C19H31N3O2. The number of carbonyl (C=O) groups excluding carboxylic acids is 1. The summed E-state index contributed by atoms with van der Waals surface area (Å²) in [6, 6.07) is 8.14. The van der Waals surface area contributed by atoms with E-state index in [-0.39, 0.29) is 11.9 Å². The van der Waals surface area contributed by atoms with E-state index in [0.29, 0.717) is 19.1 Å². The molecule has 0 aliphatic carbocycles. The molecule has 1 atom stereocenters. The largest absolute Gasteiger partial charge is 0.384 e. The van der Waals surface area contributed by atoms with Gasteiger partial charge in [0.2, 0.25) is 5.91 Å². The highest BCUT2D eigenvalue weighted by atomic mass is 16.5. The second-order valence-electron chi connectivity index (χ2n) is 7.10. The molecule has 0 radical (unpaired) electrons. The number of hydrogen-bond acceptors (Lipinski definition) is 4. The standard InChI is InChI=1S/C19H31N3O2/c1-14(2)15-4-6-16(7-5-15)17(20)12-22-18(23)19(13-24-3)8-10-21-11-9-19/h4-7,14,17,21H,8-13,20H2,1-3H3,(H,22,23). The molecule has 5 nitrogen and oxygen atoms in total. The zero-order chi connectivity index (χ0) is 17.6. The van der Waals surface area contributed by atoms with Crippen LogP contribution < -0.4 is 16.4 Å². The molecule has 1 fully saturated rings. The number of carbonyl (C=O) groups is 1. The lowest BCUT2D eigenvalue weighted by Gasteiger charge is -2.35. The van der Waals surface area contributed by atoms with Crippen molar-refractivity contribution < 1.29 is 9.53 Å². The van der Waals surface area contributed by atoms with Gasteiger partial charge >= 0.3 is 0 Å². The van der Waals surface area contributed by atoms with Crippen LogP contribution in [0.2, 0.25) is 0 Å². The lowest BCUT2D eigenvalue weighted by Crippen LogP contribution is -2.51.